The topological polar surface area (TPSA) is 35.5 Å². The largest absolute Gasteiger partial charge is 0.331 e. The van der Waals surface area contributed by atoms with Crippen LogP contribution < -0.4 is 0 Å². The number of unbranched alkanes of at least 4 members (excludes halogenated alkanes) is 1. The molecule has 0 aromatic carbocycles. The summed E-state index contributed by atoms with van der Waals surface area (Å²) in [7, 11) is -2.86. The minimum atomic E-state index is -2.86. The number of halogens is 1. The Kier molecular flexibility index (Phi) is 9.11. The summed E-state index contributed by atoms with van der Waals surface area (Å²) < 4.78 is 22.6. The first kappa shape index (κ1) is 15.6. The molecule has 15 heavy (non-hydrogen) atoms. The minimum absolute atomic E-state index is 0.224. The van der Waals surface area contributed by atoms with Gasteiger partial charge in [-0.3, -0.25) is 4.57 Å². The maximum Gasteiger partial charge on any atom is 0.331 e. The molecule has 0 bridgehead atoms. The third-order valence-corrected chi connectivity index (χ3v) is 5.42. The molecule has 1 atom stereocenters. The van der Waals surface area contributed by atoms with E-state index in [1.54, 1.807) is 0 Å². The second kappa shape index (κ2) is 8.74. The Morgan fingerprint density at radius 3 is 2.13 bits per heavy atom. The van der Waals surface area contributed by atoms with Gasteiger partial charge in [0.15, 0.2) is 0 Å². The van der Waals surface area contributed by atoms with E-state index in [4.69, 9.17) is 9.05 Å². The van der Waals surface area contributed by atoms with E-state index in [1.165, 1.54) is 0 Å². The van der Waals surface area contributed by atoms with Gasteiger partial charge < -0.3 is 9.05 Å². The standard InChI is InChI=1S/C10H22BrO3P/c1-4-7-8-10(11)9-15(12,13-5-2)14-6-3/h10H,4-9H2,1-3H3. The SMILES string of the molecule is CCCCC(Br)CP(=O)(OCC)OCC. The molecule has 0 spiro atoms. The molecule has 0 aromatic heterocycles. The summed E-state index contributed by atoms with van der Waals surface area (Å²) in [6.45, 7) is 6.68. The van der Waals surface area contributed by atoms with Gasteiger partial charge in [0.1, 0.15) is 0 Å². The molecule has 0 rings (SSSR count). The molecule has 0 N–H and O–H groups in total. The molecule has 0 saturated heterocycles. The molecule has 0 aromatic rings. The lowest BCUT2D eigenvalue weighted by atomic mass is 10.2. The normalized spacial score (nSPS) is 14.1. The van der Waals surface area contributed by atoms with Crippen molar-refractivity contribution in [3.8, 4) is 0 Å². The van der Waals surface area contributed by atoms with Gasteiger partial charge in [0.25, 0.3) is 0 Å². The maximum atomic E-state index is 12.1. The maximum absolute atomic E-state index is 12.1. The summed E-state index contributed by atoms with van der Waals surface area (Å²) in [5, 5.41) is 0. The van der Waals surface area contributed by atoms with Gasteiger partial charge in [-0.1, -0.05) is 35.7 Å². The summed E-state index contributed by atoms with van der Waals surface area (Å²) in [6, 6.07) is 0. The molecule has 3 nitrogen and oxygen atoms in total. The van der Waals surface area contributed by atoms with Crippen LogP contribution in [0.1, 0.15) is 40.0 Å². The Morgan fingerprint density at radius 2 is 1.73 bits per heavy atom. The Bertz CT molecular complexity index is 189. The lowest BCUT2D eigenvalue weighted by Crippen LogP contribution is -2.09. The molecule has 0 fully saturated rings. The number of rotatable bonds is 9. The van der Waals surface area contributed by atoms with Crippen LogP contribution in [0.3, 0.4) is 0 Å². The first-order valence-corrected chi connectivity index (χ1v) is 8.24. The monoisotopic (exact) mass is 300 g/mol. The average Bonchev–Trinajstić information content (AvgIpc) is 2.15. The van der Waals surface area contributed by atoms with Crippen LogP contribution in [0.25, 0.3) is 0 Å². The predicted octanol–water partition coefficient (Wildman–Crippen LogP) is 4.21. The molecule has 0 aliphatic rings. The lowest BCUT2D eigenvalue weighted by molar-refractivity contribution is 0.220. The predicted molar refractivity (Wildman–Crippen MR) is 68.0 cm³/mol. The Hall–Kier alpha value is 0.630. The van der Waals surface area contributed by atoms with Crippen molar-refractivity contribution < 1.29 is 13.6 Å². The molecule has 0 amide bonds. The van der Waals surface area contributed by atoms with Crippen molar-refractivity contribution >= 4 is 23.5 Å². The van der Waals surface area contributed by atoms with E-state index in [-0.39, 0.29) is 4.83 Å². The van der Waals surface area contributed by atoms with Gasteiger partial charge in [-0.15, -0.1) is 0 Å². The van der Waals surface area contributed by atoms with E-state index in [1.807, 2.05) is 13.8 Å². The minimum Gasteiger partial charge on any atom is -0.309 e. The highest BCUT2D eigenvalue weighted by Gasteiger charge is 2.26. The fraction of sp³-hybridized carbons (Fsp3) is 1.00. The molecule has 0 heterocycles. The van der Waals surface area contributed by atoms with Gasteiger partial charge in [-0.05, 0) is 20.3 Å². The molecule has 1 unspecified atom stereocenters. The zero-order chi connectivity index (χ0) is 11.7. The third-order valence-electron chi connectivity index (χ3n) is 1.94. The number of alkyl halides is 1. The van der Waals surface area contributed by atoms with Gasteiger partial charge in [-0.2, -0.15) is 0 Å². The Morgan fingerprint density at radius 1 is 1.20 bits per heavy atom. The van der Waals surface area contributed by atoms with Crippen LogP contribution in [-0.2, 0) is 13.6 Å². The van der Waals surface area contributed by atoms with Gasteiger partial charge in [0.05, 0.1) is 19.4 Å². The van der Waals surface area contributed by atoms with E-state index in [0.29, 0.717) is 19.4 Å². The second-order valence-corrected chi connectivity index (χ2v) is 6.77. The van der Waals surface area contributed by atoms with Crippen molar-refractivity contribution in [1.82, 2.24) is 0 Å². The van der Waals surface area contributed by atoms with Crippen molar-refractivity contribution in [3.05, 3.63) is 0 Å². The highest BCUT2D eigenvalue weighted by molar-refractivity contribution is 9.09. The first-order valence-electron chi connectivity index (χ1n) is 5.60. The summed E-state index contributed by atoms with van der Waals surface area (Å²) >= 11 is 3.52. The van der Waals surface area contributed by atoms with Crippen molar-refractivity contribution in [3.63, 3.8) is 0 Å². The van der Waals surface area contributed by atoms with E-state index in [2.05, 4.69) is 22.9 Å². The smallest absolute Gasteiger partial charge is 0.309 e. The van der Waals surface area contributed by atoms with Gasteiger partial charge in [0, 0.05) is 4.83 Å². The average molecular weight is 301 g/mol. The molecule has 0 radical (unpaired) electrons. The quantitative estimate of drug-likeness (QED) is 0.473. The summed E-state index contributed by atoms with van der Waals surface area (Å²) in [4.78, 5) is 0.224. The van der Waals surface area contributed by atoms with Crippen LogP contribution in [0.4, 0.5) is 0 Å². The van der Waals surface area contributed by atoms with Crippen molar-refractivity contribution in [2.24, 2.45) is 0 Å². The fourth-order valence-corrected chi connectivity index (χ4v) is 4.42. The van der Waals surface area contributed by atoms with E-state index in [0.717, 1.165) is 19.3 Å². The van der Waals surface area contributed by atoms with Crippen LogP contribution in [0.5, 0.6) is 0 Å². The van der Waals surface area contributed by atoms with E-state index < -0.39 is 7.60 Å². The zero-order valence-electron chi connectivity index (χ0n) is 9.87. The van der Waals surface area contributed by atoms with Crippen LogP contribution in [-0.4, -0.2) is 24.2 Å². The molecule has 0 aliphatic carbocycles. The van der Waals surface area contributed by atoms with Crippen LogP contribution >= 0.6 is 23.5 Å². The third kappa shape index (κ3) is 7.51. The van der Waals surface area contributed by atoms with Crippen molar-refractivity contribution in [2.75, 3.05) is 19.4 Å². The molecule has 92 valence electrons. The van der Waals surface area contributed by atoms with E-state index >= 15 is 0 Å². The van der Waals surface area contributed by atoms with E-state index in [9.17, 15) is 4.57 Å². The van der Waals surface area contributed by atoms with Crippen molar-refractivity contribution in [2.45, 2.75) is 44.9 Å². The molecular formula is C10H22BrO3P. The van der Waals surface area contributed by atoms with Crippen LogP contribution in [0.2, 0.25) is 0 Å². The fourth-order valence-electron chi connectivity index (χ4n) is 1.30. The molecule has 0 saturated carbocycles. The zero-order valence-corrected chi connectivity index (χ0v) is 12.4. The number of hydrogen-bond acceptors (Lipinski definition) is 3. The van der Waals surface area contributed by atoms with Gasteiger partial charge in [0.2, 0.25) is 0 Å². The van der Waals surface area contributed by atoms with Gasteiger partial charge in [-0.25, -0.2) is 0 Å². The lowest BCUT2D eigenvalue weighted by Gasteiger charge is -2.19. The Labute approximate surface area is 102 Å². The van der Waals surface area contributed by atoms with Crippen molar-refractivity contribution in [1.29, 1.82) is 0 Å². The van der Waals surface area contributed by atoms with Crippen LogP contribution in [0, 0.1) is 0 Å². The van der Waals surface area contributed by atoms with Crippen LogP contribution in [0.15, 0.2) is 0 Å². The number of hydrogen-bond donors (Lipinski definition) is 0. The summed E-state index contributed by atoms with van der Waals surface area (Å²) in [5.41, 5.74) is 0. The molecule has 5 heteroatoms. The first-order chi connectivity index (χ1) is 7.08. The Balaban J connectivity index is 4.08. The summed E-state index contributed by atoms with van der Waals surface area (Å²) in [5.74, 6) is 0. The summed E-state index contributed by atoms with van der Waals surface area (Å²) in [6.07, 6.45) is 3.76. The van der Waals surface area contributed by atoms with Gasteiger partial charge >= 0.3 is 7.60 Å². The second-order valence-electron chi connectivity index (χ2n) is 3.37. The molecule has 0 aliphatic heterocycles. The highest BCUT2D eigenvalue weighted by Crippen LogP contribution is 2.49. The molecular weight excluding hydrogens is 279 g/mol. The highest BCUT2D eigenvalue weighted by atomic mass is 79.9.